The molecule has 1 fully saturated rings. The van der Waals surface area contributed by atoms with E-state index in [0.717, 1.165) is 31.6 Å². The standard InChI is InChI=1S/C16H22N2O2/c1-15(2,3)20-14(19)18-13-7-5-4-6-12(13)10-16(18)8-9-17-11-16/h4-7,17H,8-11H2,1-3H3. The molecular formula is C16H22N2O2. The fourth-order valence-electron chi connectivity index (χ4n) is 3.24. The number of hydrogen-bond acceptors (Lipinski definition) is 3. The second-order valence-electron chi connectivity index (χ2n) is 6.77. The van der Waals surface area contributed by atoms with Crippen molar-refractivity contribution in [3.8, 4) is 0 Å². The molecule has 1 N–H and O–H groups in total. The number of anilines is 1. The molecule has 3 rings (SSSR count). The summed E-state index contributed by atoms with van der Waals surface area (Å²) in [4.78, 5) is 14.5. The molecule has 1 aromatic carbocycles. The van der Waals surface area contributed by atoms with Crippen molar-refractivity contribution < 1.29 is 9.53 Å². The molecule has 1 unspecified atom stereocenters. The summed E-state index contributed by atoms with van der Waals surface area (Å²) < 4.78 is 5.62. The van der Waals surface area contributed by atoms with Gasteiger partial charge in [-0.1, -0.05) is 18.2 Å². The Hall–Kier alpha value is -1.55. The topological polar surface area (TPSA) is 41.6 Å². The zero-order valence-electron chi connectivity index (χ0n) is 12.4. The second-order valence-corrected chi connectivity index (χ2v) is 6.77. The number of ether oxygens (including phenoxy) is 1. The van der Waals surface area contributed by atoms with Gasteiger partial charge >= 0.3 is 6.09 Å². The largest absolute Gasteiger partial charge is 0.443 e. The molecule has 0 aromatic heterocycles. The minimum Gasteiger partial charge on any atom is -0.443 e. The van der Waals surface area contributed by atoms with Crippen molar-refractivity contribution in [2.45, 2.75) is 44.8 Å². The Morgan fingerprint density at radius 1 is 1.35 bits per heavy atom. The number of nitrogens with one attached hydrogen (secondary N) is 1. The summed E-state index contributed by atoms with van der Waals surface area (Å²) in [5.74, 6) is 0. The Bertz CT molecular complexity index is 528. The zero-order valence-corrected chi connectivity index (χ0v) is 12.4. The number of para-hydroxylation sites is 1. The summed E-state index contributed by atoms with van der Waals surface area (Å²) in [5, 5.41) is 3.39. The number of rotatable bonds is 0. The van der Waals surface area contributed by atoms with Gasteiger partial charge in [-0.2, -0.15) is 0 Å². The molecule has 0 aliphatic carbocycles. The smallest absolute Gasteiger partial charge is 0.415 e. The SMILES string of the molecule is CC(C)(C)OC(=O)N1c2ccccc2CC12CCNC2. The molecule has 0 saturated carbocycles. The zero-order chi connectivity index (χ0) is 14.4. The number of nitrogens with zero attached hydrogens (tertiary/aromatic N) is 1. The average molecular weight is 274 g/mol. The van der Waals surface area contributed by atoms with Crippen molar-refractivity contribution in [2.24, 2.45) is 0 Å². The molecule has 1 amide bonds. The van der Waals surface area contributed by atoms with Gasteiger partial charge in [0.1, 0.15) is 5.60 Å². The maximum Gasteiger partial charge on any atom is 0.415 e. The molecule has 1 saturated heterocycles. The highest BCUT2D eigenvalue weighted by Gasteiger charge is 2.49. The van der Waals surface area contributed by atoms with Crippen LogP contribution in [0.1, 0.15) is 32.8 Å². The average Bonchev–Trinajstić information content (AvgIpc) is 2.91. The molecule has 2 heterocycles. The Labute approximate surface area is 120 Å². The van der Waals surface area contributed by atoms with Crippen molar-refractivity contribution in [3.63, 3.8) is 0 Å². The maximum atomic E-state index is 12.7. The fourth-order valence-corrected chi connectivity index (χ4v) is 3.24. The van der Waals surface area contributed by atoms with Crippen LogP contribution >= 0.6 is 0 Å². The number of carbonyl (C=O) groups is 1. The van der Waals surface area contributed by atoms with Gasteiger partial charge in [0.05, 0.1) is 11.2 Å². The van der Waals surface area contributed by atoms with Gasteiger partial charge in [-0.05, 0) is 51.8 Å². The highest BCUT2D eigenvalue weighted by Crippen LogP contribution is 2.42. The van der Waals surface area contributed by atoms with Gasteiger partial charge in [0, 0.05) is 6.54 Å². The number of fused-ring (bicyclic) bond motifs is 1. The van der Waals surface area contributed by atoms with Crippen molar-refractivity contribution in [2.75, 3.05) is 18.0 Å². The third-order valence-corrected chi connectivity index (χ3v) is 4.02. The van der Waals surface area contributed by atoms with Crippen LogP contribution in [0.4, 0.5) is 10.5 Å². The van der Waals surface area contributed by atoms with E-state index in [1.54, 1.807) is 0 Å². The molecule has 108 valence electrons. The first-order valence-corrected chi connectivity index (χ1v) is 7.23. The van der Waals surface area contributed by atoms with Crippen molar-refractivity contribution >= 4 is 11.8 Å². The van der Waals surface area contributed by atoms with E-state index in [2.05, 4.69) is 11.4 Å². The van der Waals surface area contributed by atoms with Crippen LogP contribution in [0.25, 0.3) is 0 Å². The molecule has 4 nitrogen and oxygen atoms in total. The molecule has 20 heavy (non-hydrogen) atoms. The van der Waals surface area contributed by atoms with Gasteiger partial charge in [0.15, 0.2) is 0 Å². The minimum absolute atomic E-state index is 0.147. The molecule has 0 bridgehead atoms. The van der Waals surface area contributed by atoms with Crippen LogP contribution in [0.3, 0.4) is 0 Å². The van der Waals surface area contributed by atoms with E-state index < -0.39 is 5.60 Å². The van der Waals surface area contributed by atoms with E-state index in [-0.39, 0.29) is 11.6 Å². The Balaban J connectivity index is 1.98. The van der Waals surface area contributed by atoms with Crippen molar-refractivity contribution in [3.05, 3.63) is 29.8 Å². The number of carbonyl (C=O) groups excluding carboxylic acids is 1. The van der Waals surface area contributed by atoms with E-state index in [1.807, 2.05) is 43.9 Å². The predicted molar refractivity (Wildman–Crippen MR) is 79.1 cm³/mol. The molecule has 2 aliphatic rings. The molecule has 2 aliphatic heterocycles. The normalized spacial score (nSPS) is 25.1. The second kappa shape index (κ2) is 4.48. The van der Waals surface area contributed by atoms with Crippen LogP contribution in [0.2, 0.25) is 0 Å². The van der Waals surface area contributed by atoms with Crippen LogP contribution in [0.5, 0.6) is 0 Å². The summed E-state index contributed by atoms with van der Waals surface area (Å²) in [6, 6.07) is 8.15. The minimum atomic E-state index is -0.470. The number of benzene rings is 1. The van der Waals surface area contributed by atoms with Gasteiger partial charge in [-0.3, -0.25) is 4.90 Å². The van der Waals surface area contributed by atoms with E-state index in [0.29, 0.717) is 0 Å². The van der Waals surface area contributed by atoms with E-state index in [4.69, 9.17) is 4.74 Å². The van der Waals surface area contributed by atoms with Crippen LogP contribution in [0, 0.1) is 0 Å². The third-order valence-electron chi connectivity index (χ3n) is 4.02. The Kier molecular flexibility index (Phi) is 3.01. The first-order chi connectivity index (χ1) is 9.41. The maximum absolute atomic E-state index is 12.7. The summed E-state index contributed by atoms with van der Waals surface area (Å²) in [5.41, 5.74) is 1.63. The highest BCUT2D eigenvalue weighted by atomic mass is 16.6. The molecule has 4 heteroatoms. The first kappa shape index (κ1) is 13.4. The lowest BCUT2D eigenvalue weighted by atomic mass is 9.93. The lowest BCUT2D eigenvalue weighted by molar-refractivity contribution is 0.0547. The summed E-state index contributed by atoms with van der Waals surface area (Å²) in [6.07, 6.45) is 1.65. The van der Waals surface area contributed by atoms with Crippen molar-refractivity contribution in [1.29, 1.82) is 0 Å². The predicted octanol–water partition coefficient (Wildman–Crippen LogP) is 2.72. The third kappa shape index (κ3) is 2.18. The van der Waals surface area contributed by atoms with Crippen LogP contribution in [-0.4, -0.2) is 30.3 Å². The molecular weight excluding hydrogens is 252 g/mol. The van der Waals surface area contributed by atoms with E-state index in [1.165, 1.54) is 5.56 Å². The molecule has 1 aromatic rings. The summed E-state index contributed by atoms with van der Waals surface area (Å²) >= 11 is 0. The first-order valence-electron chi connectivity index (χ1n) is 7.23. The van der Waals surface area contributed by atoms with Gasteiger partial charge < -0.3 is 10.1 Å². The van der Waals surface area contributed by atoms with E-state index in [9.17, 15) is 4.79 Å². The fraction of sp³-hybridized carbons (Fsp3) is 0.562. The summed E-state index contributed by atoms with van der Waals surface area (Å²) in [7, 11) is 0. The lowest BCUT2D eigenvalue weighted by Gasteiger charge is -2.36. The van der Waals surface area contributed by atoms with Gasteiger partial charge in [0.2, 0.25) is 0 Å². The van der Waals surface area contributed by atoms with E-state index >= 15 is 0 Å². The Morgan fingerprint density at radius 2 is 2.10 bits per heavy atom. The number of amides is 1. The van der Waals surface area contributed by atoms with Gasteiger partial charge in [0.25, 0.3) is 0 Å². The Morgan fingerprint density at radius 3 is 2.75 bits per heavy atom. The van der Waals surface area contributed by atoms with Gasteiger partial charge in [-0.25, -0.2) is 4.79 Å². The molecule has 1 spiro atoms. The molecule has 1 atom stereocenters. The van der Waals surface area contributed by atoms with Crippen molar-refractivity contribution in [1.82, 2.24) is 5.32 Å². The quantitative estimate of drug-likeness (QED) is 0.791. The van der Waals surface area contributed by atoms with Crippen LogP contribution < -0.4 is 10.2 Å². The number of hydrogen-bond donors (Lipinski definition) is 1. The molecule has 0 radical (unpaired) electrons. The monoisotopic (exact) mass is 274 g/mol. The van der Waals surface area contributed by atoms with Crippen LogP contribution in [-0.2, 0) is 11.2 Å². The summed E-state index contributed by atoms with van der Waals surface area (Å²) in [6.45, 7) is 7.51. The van der Waals surface area contributed by atoms with Gasteiger partial charge in [-0.15, -0.1) is 0 Å². The lowest BCUT2D eigenvalue weighted by Crippen LogP contribution is -2.53. The van der Waals surface area contributed by atoms with Crippen LogP contribution in [0.15, 0.2) is 24.3 Å². The highest BCUT2D eigenvalue weighted by molar-refractivity contribution is 5.93.